The average Bonchev–Trinajstić information content (AvgIpc) is 3.07. The van der Waals surface area contributed by atoms with Crippen LogP contribution in [0.3, 0.4) is 0 Å². The fraction of sp³-hybridized carbons (Fsp3) is 0.143. The topological polar surface area (TPSA) is 79.2 Å². The molecule has 0 unspecified atom stereocenters. The molecule has 0 radical (unpaired) electrons. The van der Waals surface area contributed by atoms with Crippen LogP contribution < -0.4 is 10.6 Å². The fourth-order valence-corrected chi connectivity index (χ4v) is 2.98. The smallest absolute Gasteiger partial charge is 0.193 e. The number of benzene rings is 1. The number of hydrogen-bond donors (Lipinski definition) is 2. The first-order chi connectivity index (χ1) is 10.2. The zero-order valence-electron chi connectivity index (χ0n) is 11.5. The number of imidazole rings is 1. The van der Waals surface area contributed by atoms with Gasteiger partial charge in [0.2, 0.25) is 0 Å². The summed E-state index contributed by atoms with van der Waals surface area (Å²) in [4.78, 5) is 7.56. The van der Waals surface area contributed by atoms with E-state index in [-0.39, 0.29) is 5.84 Å². The predicted molar refractivity (Wildman–Crippen MR) is 84.1 cm³/mol. The standard InChI is InChI=1S/C14H15N5OS/c1-18(8-10-9-19-6-7-21-14(19)16-10)12-5-3-2-4-11(12)13(15)17-20/h2-7,9,20H,8H2,1H3,(H2,15,17). The molecular weight excluding hydrogens is 286 g/mol. The number of hydrogen-bond acceptors (Lipinski definition) is 5. The number of fused-ring (bicyclic) bond motifs is 1. The van der Waals surface area contributed by atoms with Crippen LogP contribution in [0.1, 0.15) is 11.3 Å². The van der Waals surface area contributed by atoms with E-state index >= 15 is 0 Å². The minimum Gasteiger partial charge on any atom is -0.409 e. The lowest BCUT2D eigenvalue weighted by Gasteiger charge is -2.21. The molecule has 7 heteroatoms. The van der Waals surface area contributed by atoms with Gasteiger partial charge in [-0.05, 0) is 12.1 Å². The second-order valence-corrected chi connectivity index (χ2v) is 5.56. The van der Waals surface area contributed by atoms with Crippen molar-refractivity contribution in [2.75, 3.05) is 11.9 Å². The van der Waals surface area contributed by atoms with Crippen LogP contribution in [-0.4, -0.2) is 27.5 Å². The van der Waals surface area contributed by atoms with Gasteiger partial charge in [0.05, 0.1) is 12.2 Å². The number of aromatic nitrogens is 2. The summed E-state index contributed by atoms with van der Waals surface area (Å²) >= 11 is 1.60. The predicted octanol–water partition coefficient (Wildman–Crippen LogP) is 2.13. The largest absolute Gasteiger partial charge is 0.409 e. The van der Waals surface area contributed by atoms with Crippen molar-refractivity contribution < 1.29 is 5.21 Å². The zero-order chi connectivity index (χ0) is 14.8. The summed E-state index contributed by atoms with van der Waals surface area (Å²) < 4.78 is 2.00. The first kappa shape index (κ1) is 13.4. The third-order valence-corrected chi connectivity index (χ3v) is 4.01. The maximum absolute atomic E-state index is 8.88. The number of nitrogens with zero attached hydrogens (tertiary/aromatic N) is 4. The molecule has 1 aromatic carbocycles. The van der Waals surface area contributed by atoms with E-state index in [0.717, 1.165) is 16.3 Å². The number of amidine groups is 1. The van der Waals surface area contributed by atoms with Gasteiger partial charge in [0.1, 0.15) is 0 Å². The monoisotopic (exact) mass is 301 g/mol. The minimum absolute atomic E-state index is 0.100. The first-order valence-electron chi connectivity index (χ1n) is 6.38. The Kier molecular flexibility index (Phi) is 3.49. The van der Waals surface area contributed by atoms with Gasteiger partial charge in [-0.15, -0.1) is 11.3 Å². The van der Waals surface area contributed by atoms with Gasteiger partial charge in [-0.25, -0.2) is 4.98 Å². The molecule has 0 aliphatic carbocycles. The highest BCUT2D eigenvalue weighted by Crippen LogP contribution is 2.21. The molecule has 0 saturated carbocycles. The van der Waals surface area contributed by atoms with Crippen LogP contribution in [0.15, 0.2) is 47.2 Å². The van der Waals surface area contributed by atoms with Crippen molar-refractivity contribution in [2.24, 2.45) is 10.9 Å². The highest BCUT2D eigenvalue weighted by molar-refractivity contribution is 7.15. The second kappa shape index (κ2) is 5.45. The van der Waals surface area contributed by atoms with E-state index in [1.54, 1.807) is 11.3 Å². The molecule has 3 N–H and O–H groups in total. The quantitative estimate of drug-likeness (QED) is 0.335. The van der Waals surface area contributed by atoms with E-state index in [2.05, 4.69) is 10.1 Å². The van der Waals surface area contributed by atoms with Gasteiger partial charge in [-0.2, -0.15) is 0 Å². The van der Waals surface area contributed by atoms with E-state index in [9.17, 15) is 0 Å². The summed E-state index contributed by atoms with van der Waals surface area (Å²) in [5, 5.41) is 14.0. The molecule has 0 fully saturated rings. The minimum atomic E-state index is 0.100. The Bertz CT molecular complexity index is 763. The van der Waals surface area contributed by atoms with Crippen molar-refractivity contribution in [1.29, 1.82) is 0 Å². The molecule has 0 aliphatic heterocycles. The van der Waals surface area contributed by atoms with E-state index in [4.69, 9.17) is 10.9 Å². The van der Waals surface area contributed by atoms with Crippen LogP contribution in [0.2, 0.25) is 0 Å². The first-order valence-corrected chi connectivity index (χ1v) is 7.26. The van der Waals surface area contributed by atoms with Gasteiger partial charge in [0.15, 0.2) is 10.8 Å². The van der Waals surface area contributed by atoms with E-state index in [0.29, 0.717) is 12.1 Å². The molecule has 0 spiro atoms. The Balaban J connectivity index is 1.88. The molecule has 0 saturated heterocycles. The zero-order valence-corrected chi connectivity index (χ0v) is 12.3. The highest BCUT2D eigenvalue weighted by atomic mass is 32.1. The molecule has 0 aliphatic rings. The number of anilines is 1. The summed E-state index contributed by atoms with van der Waals surface area (Å²) in [5.74, 6) is 0.100. The van der Waals surface area contributed by atoms with Crippen LogP contribution in [0, 0.1) is 0 Å². The van der Waals surface area contributed by atoms with Gasteiger partial charge in [0.25, 0.3) is 0 Å². The van der Waals surface area contributed by atoms with E-state index in [1.165, 1.54) is 0 Å². The molecule has 2 aromatic heterocycles. The molecule has 0 atom stereocenters. The van der Waals surface area contributed by atoms with Gasteiger partial charge in [-0.3, -0.25) is 4.40 Å². The summed E-state index contributed by atoms with van der Waals surface area (Å²) in [6, 6.07) is 7.54. The van der Waals surface area contributed by atoms with Gasteiger partial charge >= 0.3 is 0 Å². The Hall–Kier alpha value is -2.54. The van der Waals surface area contributed by atoms with E-state index in [1.807, 2.05) is 58.4 Å². The van der Waals surface area contributed by atoms with Gasteiger partial charge in [0, 0.05) is 36.1 Å². The highest BCUT2D eigenvalue weighted by Gasteiger charge is 2.12. The van der Waals surface area contributed by atoms with Crippen molar-refractivity contribution in [3.8, 4) is 0 Å². The van der Waals surface area contributed by atoms with E-state index < -0.39 is 0 Å². The number of thiazole rings is 1. The van der Waals surface area contributed by atoms with Crippen molar-refractivity contribution in [3.05, 3.63) is 53.3 Å². The maximum Gasteiger partial charge on any atom is 0.193 e. The van der Waals surface area contributed by atoms with Crippen LogP contribution in [0.4, 0.5) is 5.69 Å². The summed E-state index contributed by atoms with van der Waals surface area (Å²) in [6.45, 7) is 0.643. The Morgan fingerprint density at radius 3 is 3.05 bits per heavy atom. The molecule has 6 nitrogen and oxygen atoms in total. The lowest BCUT2D eigenvalue weighted by Crippen LogP contribution is -2.22. The van der Waals surface area contributed by atoms with Crippen LogP contribution >= 0.6 is 11.3 Å². The Morgan fingerprint density at radius 1 is 1.48 bits per heavy atom. The van der Waals surface area contributed by atoms with Crippen molar-refractivity contribution in [3.63, 3.8) is 0 Å². The molecule has 3 rings (SSSR count). The Morgan fingerprint density at radius 2 is 2.29 bits per heavy atom. The lowest BCUT2D eigenvalue weighted by atomic mass is 10.1. The molecule has 0 amide bonds. The number of para-hydroxylation sites is 1. The molecule has 0 bridgehead atoms. The second-order valence-electron chi connectivity index (χ2n) is 4.68. The Labute approximate surface area is 125 Å². The molecule has 2 heterocycles. The lowest BCUT2D eigenvalue weighted by molar-refractivity contribution is 0.318. The third kappa shape index (κ3) is 2.55. The molecular formula is C14H15N5OS. The number of oxime groups is 1. The van der Waals surface area contributed by atoms with Gasteiger partial charge in [-0.1, -0.05) is 17.3 Å². The molecule has 3 aromatic rings. The van der Waals surface area contributed by atoms with Crippen molar-refractivity contribution in [2.45, 2.75) is 6.54 Å². The maximum atomic E-state index is 8.88. The SMILES string of the molecule is CN(Cc1cn2ccsc2n1)c1ccccc1/C(N)=N/O. The van der Waals surface area contributed by atoms with Gasteiger partial charge < -0.3 is 15.8 Å². The normalized spacial score (nSPS) is 12.0. The summed E-state index contributed by atoms with van der Waals surface area (Å²) in [6.07, 6.45) is 4.00. The van der Waals surface area contributed by atoms with Crippen LogP contribution in [0.25, 0.3) is 4.96 Å². The summed E-state index contributed by atoms with van der Waals surface area (Å²) in [5.41, 5.74) is 8.29. The molecule has 108 valence electrons. The third-order valence-electron chi connectivity index (χ3n) is 3.24. The van der Waals surface area contributed by atoms with Crippen LogP contribution in [-0.2, 0) is 6.54 Å². The number of rotatable bonds is 4. The fourth-order valence-electron chi connectivity index (χ4n) is 2.26. The average molecular weight is 301 g/mol. The summed E-state index contributed by atoms with van der Waals surface area (Å²) in [7, 11) is 1.96. The number of nitrogens with two attached hydrogens (primary N) is 1. The van der Waals surface area contributed by atoms with Crippen LogP contribution in [0.5, 0.6) is 0 Å². The van der Waals surface area contributed by atoms with Crippen molar-refractivity contribution >= 4 is 27.8 Å². The molecule has 21 heavy (non-hydrogen) atoms. The van der Waals surface area contributed by atoms with Crippen molar-refractivity contribution in [1.82, 2.24) is 9.38 Å².